The first-order chi connectivity index (χ1) is 9.19. The molecule has 0 aromatic carbocycles. The summed E-state index contributed by atoms with van der Waals surface area (Å²) >= 11 is 1.53. The van der Waals surface area contributed by atoms with Gasteiger partial charge >= 0.3 is 5.97 Å². The lowest BCUT2D eigenvalue weighted by Gasteiger charge is -2.16. The summed E-state index contributed by atoms with van der Waals surface area (Å²) in [7, 11) is 0. The van der Waals surface area contributed by atoms with Crippen LogP contribution in [0, 0.1) is 0 Å². The molecule has 2 rings (SSSR count). The Kier molecular flexibility index (Phi) is 4.64. The molecule has 2 aromatic heterocycles. The van der Waals surface area contributed by atoms with Crippen LogP contribution in [0.4, 0.5) is 0 Å². The molecule has 2 heterocycles. The molecule has 0 bridgehead atoms. The van der Waals surface area contributed by atoms with Gasteiger partial charge in [0.15, 0.2) is 0 Å². The fourth-order valence-corrected chi connectivity index (χ4v) is 2.37. The summed E-state index contributed by atoms with van der Waals surface area (Å²) in [5.41, 5.74) is 0. The minimum atomic E-state index is -0.855. The molecular weight excluding hydrogens is 266 g/mol. The van der Waals surface area contributed by atoms with E-state index in [4.69, 9.17) is 9.52 Å². The van der Waals surface area contributed by atoms with E-state index in [2.05, 4.69) is 10.2 Å². The molecule has 2 aromatic rings. The van der Waals surface area contributed by atoms with E-state index in [0.29, 0.717) is 24.9 Å². The first-order valence-corrected chi connectivity index (χ1v) is 6.87. The quantitative estimate of drug-likeness (QED) is 0.837. The number of carboxylic acids is 1. The van der Waals surface area contributed by atoms with Crippen molar-refractivity contribution in [2.45, 2.75) is 19.9 Å². The predicted octanol–water partition coefficient (Wildman–Crippen LogP) is 2.09. The molecule has 0 saturated heterocycles. The second-order valence-electron chi connectivity index (χ2n) is 4.08. The molecule has 0 aliphatic rings. The summed E-state index contributed by atoms with van der Waals surface area (Å²) in [4.78, 5) is 13.4. The van der Waals surface area contributed by atoms with Gasteiger partial charge in [0, 0.05) is 0 Å². The molecule has 0 atom stereocenters. The minimum absolute atomic E-state index is 0.0233. The second-order valence-corrected chi connectivity index (χ2v) is 5.03. The van der Waals surface area contributed by atoms with Gasteiger partial charge in [0.25, 0.3) is 5.89 Å². The summed E-state index contributed by atoms with van der Waals surface area (Å²) in [6.07, 6.45) is 0.874. The van der Waals surface area contributed by atoms with Gasteiger partial charge in [-0.15, -0.1) is 21.5 Å². The van der Waals surface area contributed by atoms with Crippen molar-refractivity contribution in [3.05, 3.63) is 23.4 Å². The van der Waals surface area contributed by atoms with Crippen molar-refractivity contribution in [3.63, 3.8) is 0 Å². The number of hydrogen-bond acceptors (Lipinski definition) is 6. The first-order valence-electron chi connectivity index (χ1n) is 5.99. The molecule has 0 amide bonds. The highest BCUT2D eigenvalue weighted by molar-refractivity contribution is 7.13. The van der Waals surface area contributed by atoms with Crippen molar-refractivity contribution in [2.75, 3.05) is 13.1 Å². The van der Waals surface area contributed by atoms with Crippen LogP contribution < -0.4 is 0 Å². The zero-order valence-electron chi connectivity index (χ0n) is 10.6. The highest BCUT2D eigenvalue weighted by atomic mass is 32.1. The Balaban J connectivity index is 2.03. The molecule has 0 aliphatic carbocycles. The van der Waals surface area contributed by atoms with E-state index in [1.807, 2.05) is 24.4 Å². The van der Waals surface area contributed by atoms with E-state index in [0.717, 1.165) is 11.3 Å². The molecule has 7 heteroatoms. The predicted molar refractivity (Wildman–Crippen MR) is 70.8 cm³/mol. The van der Waals surface area contributed by atoms with Crippen LogP contribution in [-0.2, 0) is 11.3 Å². The highest BCUT2D eigenvalue weighted by Crippen LogP contribution is 2.23. The van der Waals surface area contributed by atoms with Gasteiger partial charge in [-0.1, -0.05) is 13.0 Å². The fourth-order valence-electron chi connectivity index (χ4n) is 1.73. The molecule has 0 saturated carbocycles. The molecule has 19 heavy (non-hydrogen) atoms. The summed E-state index contributed by atoms with van der Waals surface area (Å²) in [5.74, 6) is 0.0707. The van der Waals surface area contributed by atoms with Crippen molar-refractivity contribution >= 4 is 17.3 Å². The molecule has 0 spiro atoms. The van der Waals surface area contributed by atoms with Crippen molar-refractivity contribution in [1.82, 2.24) is 15.1 Å². The number of rotatable bonds is 7. The molecule has 0 radical (unpaired) electrons. The van der Waals surface area contributed by atoms with Crippen molar-refractivity contribution in [3.8, 4) is 10.8 Å². The number of aliphatic carboxylic acids is 1. The second kappa shape index (κ2) is 6.44. The Morgan fingerprint density at radius 2 is 2.37 bits per heavy atom. The molecule has 6 nitrogen and oxygen atoms in total. The van der Waals surface area contributed by atoms with E-state index in [9.17, 15) is 4.79 Å². The molecule has 0 unspecified atom stereocenters. The van der Waals surface area contributed by atoms with Crippen LogP contribution in [0.5, 0.6) is 0 Å². The van der Waals surface area contributed by atoms with Crippen LogP contribution in [0.3, 0.4) is 0 Å². The summed E-state index contributed by atoms with van der Waals surface area (Å²) in [5, 5.41) is 18.7. The number of thiophene rings is 1. The lowest BCUT2D eigenvalue weighted by molar-refractivity contribution is -0.138. The Morgan fingerprint density at radius 3 is 3.00 bits per heavy atom. The number of carboxylic acid groups (broad SMARTS) is 1. The van der Waals surface area contributed by atoms with Crippen LogP contribution >= 0.6 is 11.3 Å². The van der Waals surface area contributed by atoms with Crippen LogP contribution in [0.25, 0.3) is 10.8 Å². The lowest BCUT2D eigenvalue weighted by Crippen LogP contribution is -2.30. The van der Waals surface area contributed by atoms with Gasteiger partial charge in [0.05, 0.1) is 18.0 Å². The number of carbonyl (C=O) groups is 1. The maximum Gasteiger partial charge on any atom is 0.317 e. The van der Waals surface area contributed by atoms with Gasteiger partial charge in [-0.05, 0) is 24.4 Å². The highest BCUT2D eigenvalue weighted by Gasteiger charge is 2.15. The van der Waals surface area contributed by atoms with E-state index >= 15 is 0 Å². The third-order valence-corrected chi connectivity index (χ3v) is 3.31. The number of hydrogen-bond donors (Lipinski definition) is 1. The first kappa shape index (κ1) is 13.7. The van der Waals surface area contributed by atoms with Crippen molar-refractivity contribution in [1.29, 1.82) is 0 Å². The van der Waals surface area contributed by atoms with Crippen LogP contribution in [0.1, 0.15) is 19.2 Å². The maximum atomic E-state index is 10.8. The van der Waals surface area contributed by atoms with Gasteiger partial charge in [0.2, 0.25) is 5.89 Å². The van der Waals surface area contributed by atoms with E-state index in [1.54, 1.807) is 4.90 Å². The summed E-state index contributed by atoms with van der Waals surface area (Å²) in [6.45, 7) is 3.02. The topological polar surface area (TPSA) is 79.5 Å². The summed E-state index contributed by atoms with van der Waals surface area (Å²) < 4.78 is 5.54. The third-order valence-electron chi connectivity index (χ3n) is 2.46. The summed E-state index contributed by atoms with van der Waals surface area (Å²) in [6, 6.07) is 3.82. The zero-order valence-corrected chi connectivity index (χ0v) is 11.4. The Morgan fingerprint density at radius 1 is 1.53 bits per heavy atom. The molecule has 0 fully saturated rings. The third kappa shape index (κ3) is 3.87. The van der Waals surface area contributed by atoms with Gasteiger partial charge in [-0.3, -0.25) is 9.69 Å². The fraction of sp³-hybridized carbons (Fsp3) is 0.417. The van der Waals surface area contributed by atoms with Crippen LogP contribution in [0.15, 0.2) is 21.9 Å². The zero-order chi connectivity index (χ0) is 13.7. The lowest BCUT2D eigenvalue weighted by atomic mass is 10.4. The molecule has 1 N–H and O–H groups in total. The number of aromatic nitrogens is 2. The Labute approximate surface area is 114 Å². The SMILES string of the molecule is CCCN(CC(=O)O)Cc1nnc(-c2cccs2)o1. The average molecular weight is 281 g/mol. The largest absolute Gasteiger partial charge is 0.480 e. The van der Waals surface area contributed by atoms with E-state index in [1.165, 1.54) is 11.3 Å². The molecular formula is C12H15N3O3S. The van der Waals surface area contributed by atoms with Crippen LogP contribution in [0.2, 0.25) is 0 Å². The molecule has 0 aliphatic heterocycles. The van der Waals surface area contributed by atoms with Crippen molar-refractivity contribution < 1.29 is 14.3 Å². The normalized spacial score (nSPS) is 11.1. The van der Waals surface area contributed by atoms with Crippen LogP contribution in [-0.4, -0.2) is 39.3 Å². The monoisotopic (exact) mass is 281 g/mol. The smallest absolute Gasteiger partial charge is 0.317 e. The van der Waals surface area contributed by atoms with Crippen molar-refractivity contribution in [2.24, 2.45) is 0 Å². The number of nitrogens with zero attached hydrogens (tertiary/aromatic N) is 3. The van der Waals surface area contributed by atoms with E-state index < -0.39 is 5.97 Å². The average Bonchev–Trinajstić information content (AvgIpc) is 2.97. The van der Waals surface area contributed by atoms with E-state index in [-0.39, 0.29) is 6.54 Å². The molecule has 102 valence electrons. The van der Waals surface area contributed by atoms with Gasteiger partial charge in [0.1, 0.15) is 0 Å². The van der Waals surface area contributed by atoms with Gasteiger partial charge in [-0.25, -0.2) is 0 Å². The Bertz CT molecular complexity index is 524. The minimum Gasteiger partial charge on any atom is -0.480 e. The van der Waals surface area contributed by atoms with Gasteiger partial charge in [-0.2, -0.15) is 0 Å². The standard InChI is InChI=1S/C12H15N3O3S/c1-2-5-15(8-11(16)17)7-10-13-14-12(18-10)9-4-3-6-19-9/h3-4,6H,2,5,7-8H2,1H3,(H,16,17). The Hall–Kier alpha value is -1.73. The van der Waals surface area contributed by atoms with Gasteiger partial charge < -0.3 is 9.52 Å². The maximum absolute atomic E-state index is 10.8.